The Morgan fingerprint density at radius 1 is 1.05 bits per heavy atom. The summed E-state index contributed by atoms with van der Waals surface area (Å²) in [6.45, 7) is 1.13. The van der Waals surface area contributed by atoms with Gasteiger partial charge in [-0.15, -0.1) is 0 Å². The Morgan fingerprint density at radius 3 is 2.57 bits per heavy atom. The van der Waals surface area contributed by atoms with Crippen LogP contribution in [0.15, 0.2) is 36.4 Å². The second kappa shape index (κ2) is 5.44. The molecule has 0 radical (unpaired) electrons. The lowest BCUT2D eigenvalue weighted by molar-refractivity contribution is 0.103. The van der Waals surface area contributed by atoms with E-state index in [-0.39, 0.29) is 17.0 Å². The van der Waals surface area contributed by atoms with E-state index in [0.717, 1.165) is 12.5 Å². The van der Waals surface area contributed by atoms with Crippen molar-refractivity contribution in [1.29, 1.82) is 0 Å². The Hall–Kier alpha value is -2.56. The summed E-state index contributed by atoms with van der Waals surface area (Å²) in [6, 6.07) is 8.72. The highest BCUT2D eigenvalue weighted by Crippen LogP contribution is 2.31. The number of hydrogen-bond donors (Lipinski definition) is 1. The van der Waals surface area contributed by atoms with Crippen LogP contribution in [0.5, 0.6) is 11.5 Å². The summed E-state index contributed by atoms with van der Waals surface area (Å²) in [7, 11) is 0. The normalized spacial score (nSPS) is 13.6. The van der Waals surface area contributed by atoms with Gasteiger partial charge in [0.2, 0.25) is 0 Å². The van der Waals surface area contributed by atoms with Crippen LogP contribution in [0.4, 0.5) is 10.1 Å². The molecule has 0 aliphatic carbocycles. The van der Waals surface area contributed by atoms with Crippen molar-refractivity contribution < 1.29 is 18.7 Å². The SMILES string of the molecule is Nc1cc(F)ccc1C(=O)c1ccc2c(c1)OCCCO2. The first-order chi connectivity index (χ1) is 10.1. The molecule has 5 heteroatoms. The van der Waals surface area contributed by atoms with Crippen molar-refractivity contribution in [3.63, 3.8) is 0 Å². The van der Waals surface area contributed by atoms with Gasteiger partial charge in [0.15, 0.2) is 17.3 Å². The molecule has 0 unspecified atom stereocenters. The molecule has 2 N–H and O–H groups in total. The highest BCUT2D eigenvalue weighted by atomic mass is 19.1. The van der Waals surface area contributed by atoms with Crippen molar-refractivity contribution in [2.24, 2.45) is 0 Å². The largest absolute Gasteiger partial charge is 0.490 e. The molecule has 4 nitrogen and oxygen atoms in total. The number of nitrogens with two attached hydrogens (primary N) is 1. The third-order valence-electron chi connectivity index (χ3n) is 3.27. The van der Waals surface area contributed by atoms with Gasteiger partial charge in [0.25, 0.3) is 0 Å². The molecule has 1 heterocycles. The third kappa shape index (κ3) is 2.67. The van der Waals surface area contributed by atoms with E-state index >= 15 is 0 Å². The van der Waals surface area contributed by atoms with Crippen molar-refractivity contribution in [2.45, 2.75) is 6.42 Å². The number of halogens is 1. The average Bonchev–Trinajstić information content (AvgIpc) is 2.71. The average molecular weight is 287 g/mol. The lowest BCUT2D eigenvalue weighted by Gasteiger charge is -2.10. The van der Waals surface area contributed by atoms with Crippen molar-refractivity contribution >= 4 is 11.5 Å². The maximum Gasteiger partial charge on any atom is 0.195 e. The summed E-state index contributed by atoms with van der Waals surface area (Å²) in [6.07, 6.45) is 0.795. The summed E-state index contributed by atoms with van der Waals surface area (Å²) in [5.74, 6) is 0.418. The van der Waals surface area contributed by atoms with Crippen LogP contribution in [0.1, 0.15) is 22.3 Å². The van der Waals surface area contributed by atoms with Gasteiger partial charge in [-0.3, -0.25) is 4.79 Å². The highest BCUT2D eigenvalue weighted by molar-refractivity contribution is 6.12. The lowest BCUT2D eigenvalue weighted by Crippen LogP contribution is -2.06. The van der Waals surface area contributed by atoms with E-state index < -0.39 is 5.82 Å². The number of hydrogen-bond acceptors (Lipinski definition) is 4. The molecule has 0 saturated heterocycles. The first kappa shape index (κ1) is 13.4. The van der Waals surface area contributed by atoms with Crippen LogP contribution in [0, 0.1) is 5.82 Å². The molecule has 2 aromatic carbocycles. The quantitative estimate of drug-likeness (QED) is 0.681. The summed E-state index contributed by atoms with van der Waals surface area (Å²) in [4.78, 5) is 12.5. The van der Waals surface area contributed by atoms with Gasteiger partial charge in [-0.1, -0.05) is 0 Å². The Bertz CT molecular complexity index is 700. The Kier molecular flexibility index (Phi) is 3.48. The Labute approximate surface area is 121 Å². The van der Waals surface area contributed by atoms with Gasteiger partial charge < -0.3 is 15.2 Å². The van der Waals surface area contributed by atoms with E-state index in [0.29, 0.717) is 30.3 Å². The molecule has 0 aromatic heterocycles. The number of carbonyl (C=O) groups excluding carboxylic acids is 1. The van der Waals surface area contributed by atoms with Gasteiger partial charge in [-0.05, 0) is 36.4 Å². The van der Waals surface area contributed by atoms with E-state index in [2.05, 4.69) is 0 Å². The molecule has 1 aliphatic rings. The molecular weight excluding hydrogens is 273 g/mol. The minimum Gasteiger partial charge on any atom is -0.490 e. The highest BCUT2D eigenvalue weighted by Gasteiger charge is 2.17. The first-order valence-corrected chi connectivity index (χ1v) is 6.64. The molecule has 0 bridgehead atoms. The molecule has 108 valence electrons. The third-order valence-corrected chi connectivity index (χ3v) is 3.27. The first-order valence-electron chi connectivity index (χ1n) is 6.64. The second-order valence-electron chi connectivity index (χ2n) is 4.77. The van der Waals surface area contributed by atoms with E-state index in [1.807, 2.05) is 0 Å². The van der Waals surface area contributed by atoms with Crippen LogP contribution in [-0.4, -0.2) is 19.0 Å². The molecule has 21 heavy (non-hydrogen) atoms. The Morgan fingerprint density at radius 2 is 1.81 bits per heavy atom. The van der Waals surface area contributed by atoms with Crippen molar-refractivity contribution in [1.82, 2.24) is 0 Å². The van der Waals surface area contributed by atoms with Crippen LogP contribution < -0.4 is 15.2 Å². The minimum atomic E-state index is -0.470. The molecule has 0 amide bonds. The van der Waals surface area contributed by atoms with Crippen molar-refractivity contribution in [3.05, 3.63) is 53.3 Å². The zero-order chi connectivity index (χ0) is 14.8. The fraction of sp³-hybridized carbons (Fsp3) is 0.188. The molecule has 2 aromatic rings. The maximum atomic E-state index is 13.1. The van der Waals surface area contributed by atoms with E-state index in [1.54, 1.807) is 18.2 Å². The van der Waals surface area contributed by atoms with Crippen LogP contribution in [-0.2, 0) is 0 Å². The fourth-order valence-electron chi connectivity index (χ4n) is 2.20. The van der Waals surface area contributed by atoms with Gasteiger partial charge >= 0.3 is 0 Å². The van der Waals surface area contributed by atoms with Gasteiger partial charge in [-0.25, -0.2) is 4.39 Å². The molecule has 0 atom stereocenters. The lowest BCUT2D eigenvalue weighted by atomic mass is 10.0. The molecule has 0 fully saturated rings. The smallest absolute Gasteiger partial charge is 0.195 e. The summed E-state index contributed by atoms with van der Waals surface area (Å²) < 4.78 is 24.1. The molecule has 0 spiro atoms. The van der Waals surface area contributed by atoms with Gasteiger partial charge in [0, 0.05) is 23.2 Å². The Balaban J connectivity index is 1.96. The second-order valence-corrected chi connectivity index (χ2v) is 4.77. The molecule has 3 rings (SSSR count). The van der Waals surface area contributed by atoms with E-state index in [4.69, 9.17) is 15.2 Å². The van der Waals surface area contributed by atoms with Crippen LogP contribution in [0.3, 0.4) is 0 Å². The van der Waals surface area contributed by atoms with Gasteiger partial charge in [0.05, 0.1) is 13.2 Å². The van der Waals surface area contributed by atoms with Crippen LogP contribution in [0.2, 0.25) is 0 Å². The summed E-state index contributed by atoms with van der Waals surface area (Å²) >= 11 is 0. The molecule has 0 saturated carbocycles. The van der Waals surface area contributed by atoms with E-state index in [9.17, 15) is 9.18 Å². The summed E-state index contributed by atoms with van der Waals surface area (Å²) in [5.41, 5.74) is 6.52. The van der Waals surface area contributed by atoms with Crippen LogP contribution >= 0.6 is 0 Å². The maximum absolute atomic E-state index is 13.1. The van der Waals surface area contributed by atoms with Gasteiger partial charge in [-0.2, -0.15) is 0 Å². The number of benzene rings is 2. The predicted molar refractivity (Wildman–Crippen MR) is 76.3 cm³/mol. The fourth-order valence-corrected chi connectivity index (χ4v) is 2.20. The number of ether oxygens (including phenoxy) is 2. The number of ketones is 1. The number of fused-ring (bicyclic) bond motifs is 1. The van der Waals surface area contributed by atoms with E-state index in [1.165, 1.54) is 12.1 Å². The van der Waals surface area contributed by atoms with Gasteiger partial charge in [0.1, 0.15) is 5.82 Å². The monoisotopic (exact) mass is 287 g/mol. The van der Waals surface area contributed by atoms with Crippen molar-refractivity contribution in [2.75, 3.05) is 18.9 Å². The van der Waals surface area contributed by atoms with Crippen LogP contribution in [0.25, 0.3) is 0 Å². The number of anilines is 1. The number of nitrogen functional groups attached to an aromatic ring is 1. The number of rotatable bonds is 2. The number of carbonyl (C=O) groups is 1. The zero-order valence-corrected chi connectivity index (χ0v) is 11.3. The topological polar surface area (TPSA) is 61.6 Å². The van der Waals surface area contributed by atoms with Crippen molar-refractivity contribution in [3.8, 4) is 11.5 Å². The zero-order valence-electron chi connectivity index (χ0n) is 11.3. The molecular formula is C16H14FNO3. The minimum absolute atomic E-state index is 0.118. The standard InChI is InChI=1S/C16H14FNO3/c17-11-3-4-12(13(18)9-11)16(19)10-2-5-14-15(8-10)21-7-1-6-20-14/h2-5,8-9H,1,6-7,18H2. The summed E-state index contributed by atoms with van der Waals surface area (Å²) in [5, 5.41) is 0. The predicted octanol–water partition coefficient (Wildman–Crippen LogP) is 2.80. The molecule has 1 aliphatic heterocycles.